The third kappa shape index (κ3) is 2.56. The van der Waals surface area contributed by atoms with E-state index < -0.39 is 0 Å². The van der Waals surface area contributed by atoms with Gasteiger partial charge >= 0.3 is 0 Å². The maximum Gasteiger partial charge on any atom is 0.257 e. The van der Waals surface area contributed by atoms with E-state index in [1.54, 1.807) is 18.3 Å². The van der Waals surface area contributed by atoms with Crippen molar-refractivity contribution in [3.05, 3.63) is 65.8 Å². The second-order valence-corrected chi connectivity index (χ2v) is 5.06. The van der Waals surface area contributed by atoms with Gasteiger partial charge < -0.3 is 9.05 Å². The monoisotopic (exact) mass is 302 g/mol. The van der Waals surface area contributed by atoms with Crippen molar-refractivity contribution in [3.8, 4) is 17.5 Å². The first-order valence-corrected chi connectivity index (χ1v) is 6.98. The molecule has 0 spiro atoms. The normalized spacial score (nSPS) is 10.7. The fourth-order valence-corrected chi connectivity index (χ4v) is 2.38. The molecule has 4 aromatic rings. The van der Waals surface area contributed by atoms with Crippen molar-refractivity contribution in [2.45, 2.75) is 6.42 Å². The molecule has 0 atom stereocenters. The van der Waals surface area contributed by atoms with Gasteiger partial charge in [0, 0.05) is 11.6 Å². The van der Waals surface area contributed by atoms with Crippen LogP contribution in [-0.2, 0) is 6.42 Å². The average molecular weight is 302 g/mol. The second kappa shape index (κ2) is 5.39. The summed E-state index contributed by atoms with van der Waals surface area (Å²) in [6, 6.07) is 15.2. The predicted molar refractivity (Wildman–Crippen MR) is 81.3 cm³/mol. The van der Waals surface area contributed by atoms with Crippen LogP contribution in [0.1, 0.15) is 17.1 Å². The van der Waals surface area contributed by atoms with Gasteiger partial charge in [-0.15, -0.1) is 0 Å². The lowest BCUT2D eigenvalue weighted by Gasteiger charge is -2.00. The summed E-state index contributed by atoms with van der Waals surface area (Å²) in [6.45, 7) is 0. The Labute approximate surface area is 131 Å². The highest BCUT2D eigenvalue weighted by Gasteiger charge is 2.11. The molecule has 0 radical (unpaired) electrons. The number of rotatable bonds is 3. The first-order chi connectivity index (χ1) is 11.3. The number of hydrogen-bond donors (Lipinski definition) is 0. The van der Waals surface area contributed by atoms with Crippen molar-refractivity contribution in [2.75, 3.05) is 0 Å². The molecule has 2 heterocycles. The van der Waals surface area contributed by atoms with Crippen LogP contribution in [0, 0.1) is 11.3 Å². The number of nitriles is 1. The van der Waals surface area contributed by atoms with Gasteiger partial charge in [-0.25, -0.2) is 0 Å². The highest BCUT2D eigenvalue weighted by Crippen LogP contribution is 2.24. The number of aromatic nitrogens is 3. The number of nitrogens with zero attached hydrogens (tertiary/aromatic N) is 4. The molecule has 0 saturated carbocycles. The average Bonchev–Trinajstić information content (AvgIpc) is 3.26. The SMILES string of the molecule is N#Cc1ccc2cc(-c3nc(Cc4ccno4)no3)ccc2c1. The summed E-state index contributed by atoms with van der Waals surface area (Å²) >= 11 is 0. The second-order valence-electron chi connectivity index (χ2n) is 5.06. The van der Waals surface area contributed by atoms with E-state index in [9.17, 15) is 0 Å². The summed E-state index contributed by atoms with van der Waals surface area (Å²) in [5.41, 5.74) is 1.47. The van der Waals surface area contributed by atoms with Crippen LogP contribution in [-0.4, -0.2) is 15.3 Å². The minimum atomic E-state index is 0.433. The molecular formula is C17H10N4O2. The van der Waals surface area contributed by atoms with Gasteiger partial charge in [0.1, 0.15) is 5.76 Å². The van der Waals surface area contributed by atoms with Gasteiger partial charge in [0.25, 0.3) is 5.89 Å². The highest BCUT2D eigenvalue weighted by molar-refractivity contribution is 5.87. The van der Waals surface area contributed by atoms with Crippen molar-refractivity contribution in [2.24, 2.45) is 0 Å². The topological polar surface area (TPSA) is 88.7 Å². The molecule has 2 aromatic carbocycles. The molecule has 0 aliphatic heterocycles. The van der Waals surface area contributed by atoms with E-state index in [0.717, 1.165) is 16.3 Å². The molecule has 0 fully saturated rings. The van der Waals surface area contributed by atoms with E-state index in [2.05, 4.69) is 21.4 Å². The van der Waals surface area contributed by atoms with Crippen LogP contribution in [0.25, 0.3) is 22.2 Å². The van der Waals surface area contributed by atoms with Crippen molar-refractivity contribution in [1.29, 1.82) is 5.26 Å². The molecule has 0 amide bonds. The molecule has 0 bridgehead atoms. The number of hydrogen-bond acceptors (Lipinski definition) is 6. The van der Waals surface area contributed by atoms with Crippen LogP contribution in [0.15, 0.2) is 57.7 Å². The maximum atomic E-state index is 8.94. The molecular weight excluding hydrogens is 292 g/mol. The molecule has 2 aromatic heterocycles. The Morgan fingerprint density at radius 3 is 2.70 bits per heavy atom. The Bertz CT molecular complexity index is 1010. The summed E-state index contributed by atoms with van der Waals surface area (Å²) in [5, 5.41) is 18.6. The lowest BCUT2D eigenvalue weighted by molar-refractivity contribution is 0.382. The van der Waals surface area contributed by atoms with Gasteiger partial charge in [0.05, 0.1) is 24.3 Å². The molecule has 0 aliphatic carbocycles. The Morgan fingerprint density at radius 2 is 1.87 bits per heavy atom. The van der Waals surface area contributed by atoms with Crippen LogP contribution in [0.5, 0.6) is 0 Å². The maximum absolute atomic E-state index is 8.94. The third-order valence-corrected chi connectivity index (χ3v) is 3.51. The van der Waals surface area contributed by atoms with Crippen molar-refractivity contribution < 1.29 is 9.05 Å². The van der Waals surface area contributed by atoms with E-state index in [4.69, 9.17) is 14.3 Å². The standard InChI is InChI=1S/C17H10N4O2/c18-10-11-1-2-13-8-14(4-3-12(13)7-11)17-20-16(21-23-17)9-15-5-6-19-22-15/h1-8H,9H2. The molecule has 0 N–H and O–H groups in total. The van der Waals surface area contributed by atoms with Crippen molar-refractivity contribution in [3.63, 3.8) is 0 Å². The zero-order valence-corrected chi connectivity index (χ0v) is 11.9. The first-order valence-electron chi connectivity index (χ1n) is 6.98. The third-order valence-electron chi connectivity index (χ3n) is 3.51. The Balaban J connectivity index is 1.66. The van der Waals surface area contributed by atoms with Gasteiger partial charge in [0.15, 0.2) is 5.82 Å². The molecule has 110 valence electrons. The highest BCUT2D eigenvalue weighted by atomic mass is 16.5. The van der Waals surface area contributed by atoms with Crippen LogP contribution >= 0.6 is 0 Å². The Morgan fingerprint density at radius 1 is 1.00 bits per heavy atom. The fourth-order valence-electron chi connectivity index (χ4n) is 2.38. The molecule has 0 saturated heterocycles. The van der Waals surface area contributed by atoms with Gasteiger partial charge in [-0.3, -0.25) is 0 Å². The summed E-state index contributed by atoms with van der Waals surface area (Å²) in [7, 11) is 0. The Hall–Kier alpha value is -3.46. The molecule has 6 heteroatoms. The van der Waals surface area contributed by atoms with Crippen LogP contribution < -0.4 is 0 Å². The van der Waals surface area contributed by atoms with Gasteiger partial charge in [-0.05, 0) is 35.0 Å². The van der Waals surface area contributed by atoms with Gasteiger partial charge in [-0.2, -0.15) is 10.2 Å². The molecule has 6 nitrogen and oxygen atoms in total. The summed E-state index contributed by atoms with van der Waals surface area (Å²) < 4.78 is 10.4. The smallest absolute Gasteiger partial charge is 0.257 e. The zero-order chi connectivity index (χ0) is 15.6. The van der Waals surface area contributed by atoms with Crippen molar-refractivity contribution in [1.82, 2.24) is 15.3 Å². The minimum absolute atomic E-state index is 0.433. The molecule has 4 rings (SSSR count). The fraction of sp³-hybridized carbons (Fsp3) is 0.0588. The summed E-state index contributed by atoms with van der Waals surface area (Å²) in [4.78, 5) is 4.38. The van der Waals surface area contributed by atoms with Crippen LogP contribution in [0.4, 0.5) is 0 Å². The lowest BCUT2D eigenvalue weighted by atomic mass is 10.0. The van der Waals surface area contributed by atoms with E-state index in [-0.39, 0.29) is 0 Å². The lowest BCUT2D eigenvalue weighted by Crippen LogP contribution is -1.88. The minimum Gasteiger partial charge on any atom is -0.361 e. The quantitative estimate of drug-likeness (QED) is 0.576. The van der Waals surface area contributed by atoms with Gasteiger partial charge in [-0.1, -0.05) is 22.4 Å². The summed E-state index contributed by atoms with van der Waals surface area (Å²) in [5.74, 6) is 1.67. The van der Waals surface area contributed by atoms with E-state index in [0.29, 0.717) is 29.5 Å². The molecule has 23 heavy (non-hydrogen) atoms. The van der Waals surface area contributed by atoms with Gasteiger partial charge in [0.2, 0.25) is 0 Å². The molecule has 0 aliphatic rings. The van der Waals surface area contributed by atoms with Crippen molar-refractivity contribution >= 4 is 10.8 Å². The first kappa shape index (κ1) is 13.2. The number of benzene rings is 2. The molecule has 0 unspecified atom stereocenters. The Kier molecular flexibility index (Phi) is 3.10. The zero-order valence-electron chi connectivity index (χ0n) is 11.9. The van der Waals surface area contributed by atoms with Crippen LogP contribution in [0.2, 0.25) is 0 Å². The van der Waals surface area contributed by atoms with E-state index in [1.807, 2.05) is 30.3 Å². The largest absolute Gasteiger partial charge is 0.361 e. The van der Waals surface area contributed by atoms with E-state index in [1.165, 1.54) is 0 Å². The van der Waals surface area contributed by atoms with Crippen LogP contribution in [0.3, 0.4) is 0 Å². The van der Waals surface area contributed by atoms with E-state index >= 15 is 0 Å². The summed E-state index contributed by atoms with van der Waals surface area (Å²) in [6.07, 6.45) is 2.01. The predicted octanol–water partition coefficient (Wildman–Crippen LogP) is 3.34. The number of fused-ring (bicyclic) bond motifs is 1.